The van der Waals surface area contributed by atoms with Crippen molar-refractivity contribution in [3.05, 3.63) is 59.7 Å². The van der Waals surface area contributed by atoms with Crippen LogP contribution >= 0.6 is 0 Å². The third-order valence-electron chi connectivity index (χ3n) is 4.17. The molecule has 0 heterocycles. The van der Waals surface area contributed by atoms with Crippen LogP contribution in [0, 0.1) is 0 Å². The zero-order valence-corrected chi connectivity index (χ0v) is 16.5. The second-order valence-electron chi connectivity index (χ2n) is 6.93. The molecule has 0 aromatic heterocycles. The number of rotatable bonds is 12. The van der Waals surface area contributed by atoms with E-state index < -0.39 is 0 Å². The first kappa shape index (κ1) is 20.3. The molecule has 142 valence electrons. The van der Waals surface area contributed by atoms with Crippen LogP contribution in [0.5, 0.6) is 11.5 Å². The Hall–Kier alpha value is -2.00. The molecular weight excluding hydrogens is 322 g/mol. The molecule has 3 heteroatoms. The molecule has 3 nitrogen and oxygen atoms in total. The molecule has 0 saturated carbocycles. The van der Waals surface area contributed by atoms with Crippen LogP contribution in [-0.2, 0) is 13.1 Å². The molecule has 2 aromatic rings. The van der Waals surface area contributed by atoms with Gasteiger partial charge in [-0.1, -0.05) is 56.5 Å². The fraction of sp³-hybridized carbons (Fsp3) is 0.478. The summed E-state index contributed by atoms with van der Waals surface area (Å²) < 4.78 is 11.7. The largest absolute Gasteiger partial charge is 0.493 e. The maximum absolute atomic E-state index is 5.98. The van der Waals surface area contributed by atoms with Gasteiger partial charge >= 0.3 is 0 Å². The van der Waals surface area contributed by atoms with Gasteiger partial charge in [-0.05, 0) is 44.0 Å². The van der Waals surface area contributed by atoms with Crippen molar-refractivity contribution < 1.29 is 9.47 Å². The second-order valence-corrected chi connectivity index (χ2v) is 6.93. The van der Waals surface area contributed by atoms with Crippen molar-refractivity contribution >= 4 is 0 Å². The number of hydrogen-bond acceptors (Lipinski definition) is 3. The molecule has 0 radical (unpaired) electrons. The number of nitrogens with one attached hydrogen (secondary N) is 1. The van der Waals surface area contributed by atoms with E-state index in [1.54, 1.807) is 0 Å². The molecule has 0 amide bonds. The Bertz CT molecular complexity index is 622. The average molecular weight is 356 g/mol. The molecule has 0 atom stereocenters. The summed E-state index contributed by atoms with van der Waals surface area (Å²) in [6.07, 6.45) is 5.12. The SMILES string of the molecule is CCCCCCOc1ccccc1CNCc1ccc(OC(C)C)cc1. The minimum Gasteiger partial charge on any atom is -0.493 e. The van der Waals surface area contributed by atoms with Crippen LogP contribution in [0.3, 0.4) is 0 Å². The quantitative estimate of drug-likeness (QED) is 0.494. The first-order valence-electron chi connectivity index (χ1n) is 9.86. The lowest BCUT2D eigenvalue weighted by molar-refractivity contribution is 0.242. The lowest BCUT2D eigenvalue weighted by Crippen LogP contribution is -2.14. The van der Waals surface area contributed by atoms with Crippen molar-refractivity contribution in [2.24, 2.45) is 0 Å². The average Bonchev–Trinajstić information content (AvgIpc) is 2.64. The highest BCUT2D eigenvalue weighted by Gasteiger charge is 2.03. The lowest BCUT2D eigenvalue weighted by atomic mass is 10.1. The van der Waals surface area contributed by atoms with E-state index in [0.29, 0.717) is 0 Å². The highest BCUT2D eigenvalue weighted by atomic mass is 16.5. The zero-order valence-electron chi connectivity index (χ0n) is 16.5. The van der Waals surface area contributed by atoms with E-state index in [-0.39, 0.29) is 6.10 Å². The Kier molecular flexibility index (Phi) is 9.05. The normalized spacial score (nSPS) is 10.9. The summed E-state index contributed by atoms with van der Waals surface area (Å²) in [6, 6.07) is 16.6. The molecule has 0 aliphatic carbocycles. The summed E-state index contributed by atoms with van der Waals surface area (Å²) in [4.78, 5) is 0. The predicted molar refractivity (Wildman–Crippen MR) is 109 cm³/mol. The third kappa shape index (κ3) is 7.49. The van der Waals surface area contributed by atoms with Crippen molar-refractivity contribution in [1.29, 1.82) is 0 Å². The maximum atomic E-state index is 5.98. The summed E-state index contributed by atoms with van der Waals surface area (Å²) >= 11 is 0. The first-order valence-corrected chi connectivity index (χ1v) is 9.86. The Balaban J connectivity index is 1.78. The van der Waals surface area contributed by atoms with Gasteiger partial charge in [-0.2, -0.15) is 0 Å². The number of para-hydroxylation sites is 1. The van der Waals surface area contributed by atoms with Crippen molar-refractivity contribution in [2.75, 3.05) is 6.61 Å². The van der Waals surface area contributed by atoms with Crippen LogP contribution in [0.15, 0.2) is 48.5 Å². The number of benzene rings is 2. The molecule has 0 bridgehead atoms. The minimum atomic E-state index is 0.206. The van der Waals surface area contributed by atoms with Gasteiger partial charge in [-0.25, -0.2) is 0 Å². The highest BCUT2D eigenvalue weighted by molar-refractivity contribution is 5.33. The van der Waals surface area contributed by atoms with Gasteiger partial charge in [0, 0.05) is 18.7 Å². The molecule has 26 heavy (non-hydrogen) atoms. The van der Waals surface area contributed by atoms with Crippen molar-refractivity contribution in [3.8, 4) is 11.5 Å². The van der Waals surface area contributed by atoms with E-state index in [2.05, 4.69) is 42.6 Å². The lowest BCUT2D eigenvalue weighted by Gasteiger charge is -2.13. The van der Waals surface area contributed by atoms with E-state index in [0.717, 1.165) is 37.6 Å². The summed E-state index contributed by atoms with van der Waals surface area (Å²) in [5.41, 5.74) is 2.46. The number of unbranched alkanes of at least 4 members (excludes halogenated alkanes) is 3. The predicted octanol–water partition coefficient (Wildman–Crippen LogP) is 5.72. The van der Waals surface area contributed by atoms with Gasteiger partial charge in [0.25, 0.3) is 0 Å². The van der Waals surface area contributed by atoms with Crippen molar-refractivity contribution in [2.45, 2.75) is 65.6 Å². The smallest absolute Gasteiger partial charge is 0.123 e. The Morgan fingerprint density at radius 1 is 0.885 bits per heavy atom. The van der Waals surface area contributed by atoms with Gasteiger partial charge < -0.3 is 14.8 Å². The maximum Gasteiger partial charge on any atom is 0.123 e. The molecule has 1 N–H and O–H groups in total. The molecule has 2 aromatic carbocycles. The van der Waals surface area contributed by atoms with Crippen molar-refractivity contribution in [3.63, 3.8) is 0 Å². The first-order chi connectivity index (χ1) is 12.7. The molecule has 2 rings (SSSR count). The molecule has 0 aliphatic rings. The Morgan fingerprint density at radius 3 is 2.38 bits per heavy atom. The molecule has 0 unspecified atom stereocenters. The molecule has 0 spiro atoms. The number of ether oxygens (including phenoxy) is 2. The van der Waals surface area contributed by atoms with Crippen LogP contribution in [0.25, 0.3) is 0 Å². The fourth-order valence-electron chi connectivity index (χ4n) is 2.80. The van der Waals surface area contributed by atoms with Crippen LogP contribution in [0.1, 0.15) is 57.6 Å². The van der Waals surface area contributed by atoms with Gasteiger partial charge in [0.2, 0.25) is 0 Å². The van der Waals surface area contributed by atoms with Crippen LogP contribution in [-0.4, -0.2) is 12.7 Å². The van der Waals surface area contributed by atoms with Crippen LogP contribution < -0.4 is 14.8 Å². The topological polar surface area (TPSA) is 30.5 Å². The third-order valence-corrected chi connectivity index (χ3v) is 4.17. The molecular formula is C23H33NO2. The number of hydrogen-bond donors (Lipinski definition) is 1. The highest BCUT2D eigenvalue weighted by Crippen LogP contribution is 2.19. The monoisotopic (exact) mass is 355 g/mol. The van der Waals surface area contributed by atoms with Crippen LogP contribution in [0.4, 0.5) is 0 Å². The van der Waals surface area contributed by atoms with E-state index in [1.807, 2.05) is 32.0 Å². The Morgan fingerprint density at radius 2 is 1.65 bits per heavy atom. The van der Waals surface area contributed by atoms with Crippen LogP contribution in [0.2, 0.25) is 0 Å². The van der Waals surface area contributed by atoms with Gasteiger partial charge in [-0.15, -0.1) is 0 Å². The minimum absolute atomic E-state index is 0.206. The van der Waals surface area contributed by atoms with Crippen molar-refractivity contribution in [1.82, 2.24) is 5.32 Å². The zero-order chi connectivity index (χ0) is 18.6. The molecule has 0 aliphatic heterocycles. The summed E-state index contributed by atoms with van der Waals surface area (Å²) in [5, 5.41) is 3.51. The molecule has 0 saturated heterocycles. The standard InChI is InChI=1S/C23H33NO2/c1-4-5-6-9-16-25-23-11-8-7-10-21(23)18-24-17-20-12-14-22(15-13-20)26-19(2)3/h7-8,10-15,19,24H,4-6,9,16-18H2,1-3H3. The van der Waals surface area contributed by atoms with Gasteiger partial charge in [0.1, 0.15) is 11.5 Å². The summed E-state index contributed by atoms with van der Waals surface area (Å²) in [6.45, 7) is 8.74. The fourth-order valence-corrected chi connectivity index (χ4v) is 2.80. The van der Waals surface area contributed by atoms with Gasteiger partial charge in [0.05, 0.1) is 12.7 Å². The van der Waals surface area contributed by atoms with E-state index in [1.165, 1.54) is 30.4 Å². The van der Waals surface area contributed by atoms with Gasteiger partial charge in [-0.3, -0.25) is 0 Å². The van der Waals surface area contributed by atoms with E-state index in [4.69, 9.17) is 9.47 Å². The summed E-state index contributed by atoms with van der Waals surface area (Å²) in [7, 11) is 0. The van der Waals surface area contributed by atoms with E-state index in [9.17, 15) is 0 Å². The second kappa shape index (κ2) is 11.6. The summed E-state index contributed by atoms with van der Waals surface area (Å²) in [5.74, 6) is 1.92. The van der Waals surface area contributed by atoms with E-state index >= 15 is 0 Å². The molecule has 0 fully saturated rings. The Labute approximate surface area is 158 Å². The van der Waals surface area contributed by atoms with Gasteiger partial charge in [0.15, 0.2) is 0 Å².